The molecule has 0 aliphatic heterocycles. The fourth-order valence-corrected chi connectivity index (χ4v) is 3.54. The SMILES string of the molecule is COCCc1ccc(-c2csc(NC(=O)CC3C=CCC3)n2)cc1. The van der Waals surface area contributed by atoms with Crippen molar-refractivity contribution in [3.8, 4) is 11.3 Å². The van der Waals surface area contributed by atoms with Crippen LogP contribution in [0.3, 0.4) is 0 Å². The summed E-state index contributed by atoms with van der Waals surface area (Å²) in [7, 11) is 1.71. The number of rotatable bonds is 7. The van der Waals surface area contributed by atoms with Gasteiger partial charge < -0.3 is 10.1 Å². The predicted octanol–water partition coefficient (Wildman–Crippen LogP) is 4.29. The number of ether oxygens (including phenoxy) is 1. The van der Waals surface area contributed by atoms with E-state index >= 15 is 0 Å². The lowest BCUT2D eigenvalue weighted by atomic mass is 10.1. The number of methoxy groups -OCH3 is 1. The van der Waals surface area contributed by atoms with Gasteiger partial charge in [0.15, 0.2) is 5.13 Å². The van der Waals surface area contributed by atoms with E-state index in [0.29, 0.717) is 17.5 Å². The molecule has 126 valence electrons. The van der Waals surface area contributed by atoms with Crippen LogP contribution in [0, 0.1) is 5.92 Å². The van der Waals surface area contributed by atoms with Gasteiger partial charge in [-0.1, -0.05) is 36.4 Å². The van der Waals surface area contributed by atoms with E-state index in [1.54, 1.807) is 7.11 Å². The van der Waals surface area contributed by atoms with Crippen LogP contribution in [0.5, 0.6) is 0 Å². The number of thiazole rings is 1. The van der Waals surface area contributed by atoms with E-state index in [4.69, 9.17) is 4.74 Å². The van der Waals surface area contributed by atoms with Crippen molar-refractivity contribution in [2.24, 2.45) is 5.92 Å². The standard InChI is InChI=1S/C19H22N2O2S/c1-23-11-10-14-6-8-16(9-7-14)17-13-24-19(20-17)21-18(22)12-15-4-2-3-5-15/h2,4,6-9,13,15H,3,5,10-12H2,1H3,(H,20,21,22). The van der Waals surface area contributed by atoms with Crippen molar-refractivity contribution in [3.05, 3.63) is 47.4 Å². The summed E-state index contributed by atoms with van der Waals surface area (Å²) >= 11 is 1.47. The minimum Gasteiger partial charge on any atom is -0.384 e. The Hall–Kier alpha value is -1.98. The van der Waals surface area contributed by atoms with Crippen molar-refractivity contribution in [1.82, 2.24) is 4.98 Å². The fourth-order valence-electron chi connectivity index (χ4n) is 2.80. The van der Waals surface area contributed by atoms with Gasteiger partial charge in [0.25, 0.3) is 0 Å². The van der Waals surface area contributed by atoms with Crippen molar-refractivity contribution in [2.75, 3.05) is 19.0 Å². The molecule has 1 aliphatic rings. The van der Waals surface area contributed by atoms with Crippen molar-refractivity contribution < 1.29 is 9.53 Å². The van der Waals surface area contributed by atoms with Gasteiger partial charge in [-0.25, -0.2) is 4.98 Å². The monoisotopic (exact) mass is 342 g/mol. The Bertz CT molecular complexity index is 706. The molecule has 1 aromatic carbocycles. The molecule has 1 atom stereocenters. The fraction of sp³-hybridized carbons (Fsp3) is 0.368. The molecule has 1 heterocycles. The van der Waals surface area contributed by atoms with Gasteiger partial charge in [-0.05, 0) is 30.7 Å². The van der Waals surface area contributed by atoms with Crippen LogP contribution in [0.4, 0.5) is 5.13 Å². The Morgan fingerprint density at radius 1 is 1.38 bits per heavy atom. The van der Waals surface area contributed by atoms with Crippen molar-refractivity contribution in [3.63, 3.8) is 0 Å². The highest BCUT2D eigenvalue weighted by molar-refractivity contribution is 7.14. The Morgan fingerprint density at radius 2 is 2.21 bits per heavy atom. The van der Waals surface area contributed by atoms with E-state index in [1.165, 1.54) is 16.9 Å². The first-order valence-electron chi connectivity index (χ1n) is 8.25. The van der Waals surface area contributed by atoms with Crippen molar-refractivity contribution in [1.29, 1.82) is 0 Å². The Labute approximate surface area is 146 Å². The number of nitrogens with one attached hydrogen (secondary N) is 1. The summed E-state index contributed by atoms with van der Waals surface area (Å²) in [6.07, 6.45) is 7.89. The van der Waals surface area contributed by atoms with Gasteiger partial charge in [0, 0.05) is 24.5 Å². The molecule has 0 spiro atoms. The maximum atomic E-state index is 12.1. The van der Waals surface area contributed by atoms with Crippen LogP contribution in [0.1, 0.15) is 24.8 Å². The van der Waals surface area contributed by atoms with Gasteiger partial charge in [-0.3, -0.25) is 4.79 Å². The summed E-state index contributed by atoms with van der Waals surface area (Å²) < 4.78 is 5.09. The second kappa shape index (κ2) is 8.22. The Kier molecular flexibility index (Phi) is 5.77. The molecule has 0 bridgehead atoms. The largest absolute Gasteiger partial charge is 0.384 e. The third kappa shape index (κ3) is 4.52. The quantitative estimate of drug-likeness (QED) is 0.764. The maximum Gasteiger partial charge on any atom is 0.226 e. The molecule has 1 N–H and O–H groups in total. The molecular weight excluding hydrogens is 320 g/mol. The van der Waals surface area contributed by atoms with Crippen LogP contribution in [0.15, 0.2) is 41.8 Å². The average molecular weight is 342 g/mol. The molecule has 5 heteroatoms. The molecule has 1 aromatic heterocycles. The van der Waals surface area contributed by atoms with Gasteiger partial charge >= 0.3 is 0 Å². The predicted molar refractivity (Wildman–Crippen MR) is 98.2 cm³/mol. The zero-order valence-electron chi connectivity index (χ0n) is 13.8. The number of hydrogen-bond donors (Lipinski definition) is 1. The zero-order chi connectivity index (χ0) is 16.8. The topological polar surface area (TPSA) is 51.2 Å². The molecule has 0 fully saturated rings. The van der Waals surface area contributed by atoms with Crippen LogP contribution in [0.25, 0.3) is 11.3 Å². The van der Waals surface area contributed by atoms with Gasteiger partial charge in [0.2, 0.25) is 5.91 Å². The highest BCUT2D eigenvalue weighted by Crippen LogP contribution is 2.26. The maximum absolute atomic E-state index is 12.1. The molecule has 1 amide bonds. The van der Waals surface area contributed by atoms with E-state index < -0.39 is 0 Å². The number of aromatic nitrogens is 1. The highest BCUT2D eigenvalue weighted by Gasteiger charge is 2.15. The molecule has 0 saturated carbocycles. The third-order valence-corrected chi connectivity index (χ3v) is 4.91. The number of benzene rings is 1. The number of hydrogen-bond acceptors (Lipinski definition) is 4. The molecular formula is C19H22N2O2S. The van der Waals surface area contributed by atoms with Gasteiger partial charge in [0.1, 0.15) is 0 Å². The molecule has 24 heavy (non-hydrogen) atoms. The lowest BCUT2D eigenvalue weighted by molar-refractivity contribution is -0.116. The minimum atomic E-state index is 0.0439. The van der Waals surface area contributed by atoms with E-state index in [2.05, 4.69) is 46.7 Å². The lowest BCUT2D eigenvalue weighted by Gasteiger charge is -2.06. The number of carbonyl (C=O) groups excluding carboxylic acids is 1. The number of carbonyl (C=O) groups is 1. The summed E-state index contributed by atoms with van der Waals surface area (Å²) in [5.41, 5.74) is 3.20. The summed E-state index contributed by atoms with van der Waals surface area (Å²) in [5, 5.41) is 5.56. The van der Waals surface area contributed by atoms with Crippen LogP contribution in [-0.4, -0.2) is 24.6 Å². The van der Waals surface area contributed by atoms with Gasteiger partial charge in [-0.15, -0.1) is 11.3 Å². The van der Waals surface area contributed by atoms with E-state index in [1.807, 2.05) is 5.38 Å². The number of anilines is 1. The molecule has 4 nitrogen and oxygen atoms in total. The first-order valence-corrected chi connectivity index (χ1v) is 9.13. The van der Waals surface area contributed by atoms with E-state index in [0.717, 1.165) is 37.1 Å². The summed E-state index contributed by atoms with van der Waals surface area (Å²) in [6.45, 7) is 0.725. The second-order valence-corrected chi connectivity index (χ2v) is 6.85. The van der Waals surface area contributed by atoms with Crippen LogP contribution in [-0.2, 0) is 16.0 Å². The Balaban J connectivity index is 1.58. The summed E-state index contributed by atoms with van der Waals surface area (Å²) in [5.74, 6) is 0.423. The third-order valence-electron chi connectivity index (χ3n) is 4.16. The molecule has 0 saturated heterocycles. The number of allylic oxidation sites excluding steroid dienone is 2. The van der Waals surface area contributed by atoms with Crippen molar-refractivity contribution >= 4 is 22.4 Å². The van der Waals surface area contributed by atoms with Crippen LogP contribution >= 0.6 is 11.3 Å². The highest BCUT2D eigenvalue weighted by atomic mass is 32.1. The molecule has 0 radical (unpaired) electrons. The van der Waals surface area contributed by atoms with Crippen molar-refractivity contribution in [2.45, 2.75) is 25.7 Å². The minimum absolute atomic E-state index is 0.0439. The smallest absolute Gasteiger partial charge is 0.226 e. The molecule has 2 aromatic rings. The second-order valence-electron chi connectivity index (χ2n) is 6.00. The number of nitrogens with zero attached hydrogens (tertiary/aromatic N) is 1. The van der Waals surface area contributed by atoms with Crippen LogP contribution < -0.4 is 5.32 Å². The summed E-state index contributed by atoms with van der Waals surface area (Å²) in [4.78, 5) is 16.6. The molecule has 3 rings (SSSR count). The van der Waals surface area contributed by atoms with Gasteiger partial charge in [-0.2, -0.15) is 0 Å². The molecule has 1 aliphatic carbocycles. The van der Waals surface area contributed by atoms with Crippen LogP contribution in [0.2, 0.25) is 0 Å². The van der Waals surface area contributed by atoms with Gasteiger partial charge in [0.05, 0.1) is 12.3 Å². The summed E-state index contributed by atoms with van der Waals surface area (Å²) in [6, 6.07) is 8.32. The first kappa shape index (κ1) is 16.9. The molecule has 1 unspecified atom stereocenters. The number of amides is 1. The van der Waals surface area contributed by atoms with E-state index in [-0.39, 0.29) is 5.91 Å². The normalized spacial score (nSPS) is 16.5. The zero-order valence-corrected chi connectivity index (χ0v) is 14.6. The van der Waals surface area contributed by atoms with E-state index in [9.17, 15) is 4.79 Å². The average Bonchev–Trinajstić information content (AvgIpc) is 3.25. The Morgan fingerprint density at radius 3 is 2.92 bits per heavy atom. The lowest BCUT2D eigenvalue weighted by Crippen LogP contribution is -2.14. The first-order chi connectivity index (χ1) is 11.7.